The number of carbonyl (C=O) groups is 1. The van der Waals surface area contributed by atoms with Crippen LogP contribution in [0.25, 0.3) is 0 Å². The number of hydrogen-bond donors (Lipinski definition) is 0. The average molecular weight is 211 g/mol. The van der Waals surface area contributed by atoms with E-state index in [-0.39, 0.29) is 11.7 Å². The zero-order chi connectivity index (χ0) is 11.4. The number of piperidine rings is 1. The highest BCUT2D eigenvalue weighted by Gasteiger charge is 2.63. The lowest BCUT2D eigenvalue weighted by Crippen LogP contribution is -2.37. The third kappa shape index (κ3) is 1.84. The number of ether oxygens (including phenoxy) is 1. The Bertz CT molecular complexity index is 276. The van der Waals surface area contributed by atoms with Crippen LogP contribution in [-0.2, 0) is 4.74 Å². The monoisotopic (exact) mass is 211 g/mol. The molecule has 1 aliphatic carbocycles. The van der Waals surface area contributed by atoms with Gasteiger partial charge in [0.15, 0.2) is 0 Å². The van der Waals surface area contributed by atoms with Gasteiger partial charge in [0.2, 0.25) is 0 Å². The van der Waals surface area contributed by atoms with Gasteiger partial charge in [-0.05, 0) is 38.0 Å². The molecule has 3 nitrogen and oxygen atoms in total. The van der Waals surface area contributed by atoms with Gasteiger partial charge in [0, 0.05) is 13.1 Å². The van der Waals surface area contributed by atoms with Crippen molar-refractivity contribution in [3.8, 4) is 0 Å². The molecule has 0 bridgehead atoms. The molecule has 3 heteroatoms. The van der Waals surface area contributed by atoms with Gasteiger partial charge in [-0.1, -0.05) is 13.8 Å². The Balaban J connectivity index is 1.87. The topological polar surface area (TPSA) is 29.5 Å². The normalized spacial score (nSPS) is 32.5. The summed E-state index contributed by atoms with van der Waals surface area (Å²) in [5.41, 5.74) is 0.0812. The quantitative estimate of drug-likeness (QED) is 0.616. The number of amides is 1. The van der Waals surface area contributed by atoms with E-state index in [0.717, 1.165) is 13.1 Å². The fourth-order valence-electron chi connectivity index (χ4n) is 2.61. The van der Waals surface area contributed by atoms with Crippen LogP contribution in [0.4, 0.5) is 4.79 Å². The first-order valence-corrected chi connectivity index (χ1v) is 5.70. The van der Waals surface area contributed by atoms with E-state index < -0.39 is 0 Å². The summed E-state index contributed by atoms with van der Waals surface area (Å²) in [4.78, 5) is 13.6. The molecule has 2 rings (SSSR count). The predicted octanol–water partition coefficient (Wildman–Crippen LogP) is 2.51. The minimum atomic E-state index is -0.376. The number of carbonyl (C=O) groups excluding carboxylic acids is 1. The van der Waals surface area contributed by atoms with E-state index in [1.165, 1.54) is 0 Å². The van der Waals surface area contributed by atoms with Crippen LogP contribution in [0.2, 0.25) is 0 Å². The zero-order valence-corrected chi connectivity index (χ0v) is 10.3. The van der Waals surface area contributed by atoms with Gasteiger partial charge in [0.1, 0.15) is 5.60 Å². The van der Waals surface area contributed by atoms with Crippen molar-refractivity contribution in [2.45, 2.75) is 40.2 Å². The highest BCUT2D eigenvalue weighted by atomic mass is 16.6. The SMILES string of the molecule is CC(C)(C)OC(=O)N1C[C@H]2[C@H](C1)C2(C)C. The van der Waals surface area contributed by atoms with Crippen LogP contribution in [0.15, 0.2) is 0 Å². The fourth-order valence-corrected chi connectivity index (χ4v) is 2.61. The smallest absolute Gasteiger partial charge is 0.410 e. The van der Waals surface area contributed by atoms with Crippen LogP contribution in [0.3, 0.4) is 0 Å². The molecule has 1 aliphatic heterocycles. The van der Waals surface area contributed by atoms with E-state index >= 15 is 0 Å². The van der Waals surface area contributed by atoms with Crippen LogP contribution in [0.5, 0.6) is 0 Å². The summed E-state index contributed by atoms with van der Waals surface area (Å²) in [5, 5.41) is 0. The first kappa shape index (κ1) is 10.8. The molecule has 2 aliphatic rings. The first-order chi connectivity index (χ1) is 6.72. The van der Waals surface area contributed by atoms with Crippen LogP contribution in [0.1, 0.15) is 34.6 Å². The summed E-state index contributed by atoms with van der Waals surface area (Å²) >= 11 is 0. The molecule has 0 aromatic heterocycles. The lowest BCUT2D eigenvalue weighted by molar-refractivity contribution is 0.0255. The maximum Gasteiger partial charge on any atom is 0.410 e. The van der Waals surface area contributed by atoms with E-state index in [2.05, 4.69) is 13.8 Å². The van der Waals surface area contributed by atoms with Gasteiger partial charge in [0.05, 0.1) is 0 Å². The molecule has 0 aromatic carbocycles. The van der Waals surface area contributed by atoms with Crippen molar-refractivity contribution in [1.29, 1.82) is 0 Å². The zero-order valence-electron chi connectivity index (χ0n) is 10.3. The maximum atomic E-state index is 11.7. The van der Waals surface area contributed by atoms with E-state index in [9.17, 15) is 4.79 Å². The number of fused-ring (bicyclic) bond motifs is 1. The summed E-state index contributed by atoms with van der Waals surface area (Å²) in [7, 11) is 0. The number of nitrogens with zero attached hydrogens (tertiary/aromatic N) is 1. The Hall–Kier alpha value is -0.730. The maximum absolute atomic E-state index is 11.7. The van der Waals surface area contributed by atoms with Crippen LogP contribution in [0, 0.1) is 17.3 Å². The third-order valence-electron chi connectivity index (χ3n) is 3.77. The third-order valence-corrected chi connectivity index (χ3v) is 3.77. The van der Waals surface area contributed by atoms with Crippen LogP contribution >= 0.6 is 0 Å². The Morgan fingerprint density at radius 3 is 2.13 bits per heavy atom. The molecule has 0 N–H and O–H groups in total. The molecule has 2 atom stereocenters. The Kier molecular flexibility index (Phi) is 2.08. The molecule has 1 saturated carbocycles. The number of likely N-dealkylation sites (tertiary alicyclic amines) is 1. The van der Waals surface area contributed by atoms with E-state index in [1.54, 1.807) is 0 Å². The van der Waals surface area contributed by atoms with Gasteiger partial charge < -0.3 is 9.64 Å². The van der Waals surface area contributed by atoms with E-state index in [0.29, 0.717) is 17.3 Å². The largest absolute Gasteiger partial charge is 0.444 e. The molecule has 0 spiro atoms. The molecule has 1 amide bonds. The number of rotatable bonds is 0. The fraction of sp³-hybridized carbons (Fsp3) is 0.917. The van der Waals surface area contributed by atoms with Gasteiger partial charge >= 0.3 is 6.09 Å². The molecule has 2 fully saturated rings. The summed E-state index contributed by atoms with van der Waals surface area (Å²) in [6.45, 7) is 12.1. The molecular weight excluding hydrogens is 190 g/mol. The Morgan fingerprint density at radius 2 is 1.73 bits per heavy atom. The highest BCUT2D eigenvalue weighted by molar-refractivity contribution is 5.69. The summed E-state index contributed by atoms with van der Waals surface area (Å²) in [6, 6.07) is 0. The standard InChI is InChI=1S/C12H21NO2/c1-11(2,3)15-10(14)13-6-8-9(7-13)12(8,4)5/h8-9H,6-7H2,1-5H3/t8-,9-/m0/s1. The minimum absolute atomic E-state index is 0.148. The second kappa shape index (κ2) is 2.89. The lowest BCUT2D eigenvalue weighted by Gasteiger charge is -2.26. The van der Waals surface area contributed by atoms with Crippen LogP contribution < -0.4 is 0 Å². The van der Waals surface area contributed by atoms with Crippen molar-refractivity contribution >= 4 is 6.09 Å². The van der Waals surface area contributed by atoms with Crippen LogP contribution in [-0.4, -0.2) is 29.7 Å². The van der Waals surface area contributed by atoms with E-state index in [4.69, 9.17) is 4.74 Å². The van der Waals surface area contributed by atoms with Gasteiger partial charge in [-0.2, -0.15) is 0 Å². The van der Waals surface area contributed by atoms with Gasteiger partial charge in [-0.3, -0.25) is 0 Å². The first-order valence-electron chi connectivity index (χ1n) is 5.70. The molecule has 1 saturated heterocycles. The number of hydrogen-bond acceptors (Lipinski definition) is 2. The summed E-state index contributed by atoms with van der Waals surface area (Å²) in [6.07, 6.45) is -0.148. The van der Waals surface area contributed by atoms with Crippen molar-refractivity contribution in [1.82, 2.24) is 4.90 Å². The Labute approximate surface area is 91.8 Å². The van der Waals surface area contributed by atoms with Gasteiger partial charge in [0.25, 0.3) is 0 Å². The molecule has 0 radical (unpaired) electrons. The van der Waals surface area contributed by atoms with Crippen molar-refractivity contribution in [3.05, 3.63) is 0 Å². The molecule has 86 valence electrons. The summed E-state index contributed by atoms with van der Waals surface area (Å²) < 4.78 is 5.35. The minimum Gasteiger partial charge on any atom is -0.444 e. The second-order valence-electron chi connectivity index (χ2n) is 6.42. The molecule has 0 aromatic rings. The van der Waals surface area contributed by atoms with Crippen molar-refractivity contribution in [3.63, 3.8) is 0 Å². The van der Waals surface area contributed by atoms with Crippen molar-refractivity contribution < 1.29 is 9.53 Å². The molecule has 0 unspecified atom stereocenters. The van der Waals surface area contributed by atoms with Crippen molar-refractivity contribution in [2.75, 3.05) is 13.1 Å². The van der Waals surface area contributed by atoms with E-state index in [1.807, 2.05) is 25.7 Å². The molecule has 15 heavy (non-hydrogen) atoms. The highest BCUT2D eigenvalue weighted by Crippen LogP contribution is 2.61. The predicted molar refractivity (Wildman–Crippen MR) is 58.6 cm³/mol. The molecular formula is C12H21NO2. The van der Waals surface area contributed by atoms with Gasteiger partial charge in [-0.25, -0.2) is 4.79 Å². The average Bonchev–Trinajstić information content (AvgIpc) is 2.47. The lowest BCUT2D eigenvalue weighted by atomic mass is 10.1. The van der Waals surface area contributed by atoms with Crippen molar-refractivity contribution in [2.24, 2.45) is 17.3 Å². The Morgan fingerprint density at radius 1 is 1.27 bits per heavy atom. The molecule has 1 heterocycles. The summed E-state index contributed by atoms with van der Waals surface area (Å²) in [5.74, 6) is 1.40. The van der Waals surface area contributed by atoms with Gasteiger partial charge in [-0.15, -0.1) is 0 Å². The second-order valence-corrected chi connectivity index (χ2v) is 6.42.